The zero-order chi connectivity index (χ0) is 17.2. The smallest absolute Gasteiger partial charge is 0.313 e. The quantitative estimate of drug-likeness (QED) is 0.900. The molecule has 1 aromatic rings. The molecule has 24 heavy (non-hydrogen) atoms. The number of rotatable bonds is 5. The Kier molecular flexibility index (Phi) is 4.63. The second kappa shape index (κ2) is 6.55. The number of carboxylic acid groups (broad SMARTS) is 1. The molecule has 1 atom stereocenters. The molecule has 2 fully saturated rings. The average Bonchev–Trinajstić information content (AvgIpc) is 3.24. The molecule has 1 N–H and O–H groups in total. The van der Waals surface area contributed by atoms with Crippen molar-refractivity contribution in [1.82, 2.24) is 4.90 Å². The third-order valence-electron chi connectivity index (χ3n) is 5.71. The molecule has 1 aliphatic carbocycles. The molecule has 3 rings (SSSR count). The van der Waals surface area contributed by atoms with E-state index in [9.17, 15) is 14.7 Å². The van der Waals surface area contributed by atoms with Crippen LogP contribution in [-0.2, 0) is 19.7 Å². The fourth-order valence-electron chi connectivity index (χ4n) is 4.34. The van der Waals surface area contributed by atoms with E-state index in [1.807, 2.05) is 30.3 Å². The first-order valence-electron chi connectivity index (χ1n) is 8.61. The minimum absolute atomic E-state index is 0.0884. The van der Waals surface area contributed by atoms with Crippen LogP contribution in [0.3, 0.4) is 0 Å². The largest absolute Gasteiger partial charge is 0.481 e. The van der Waals surface area contributed by atoms with Crippen LogP contribution in [-0.4, -0.2) is 48.7 Å². The molecule has 1 aromatic carbocycles. The van der Waals surface area contributed by atoms with Gasteiger partial charge in [-0.05, 0) is 24.8 Å². The van der Waals surface area contributed by atoms with Crippen molar-refractivity contribution in [3.05, 3.63) is 35.9 Å². The highest BCUT2D eigenvalue weighted by molar-refractivity contribution is 5.90. The van der Waals surface area contributed by atoms with Gasteiger partial charge in [-0.25, -0.2) is 0 Å². The third kappa shape index (κ3) is 2.71. The van der Waals surface area contributed by atoms with Crippen molar-refractivity contribution in [1.29, 1.82) is 0 Å². The lowest BCUT2D eigenvalue weighted by Gasteiger charge is -2.33. The SMILES string of the molecule is COCC1(C(=O)O)CCN(C(=O)C2(c3ccccc3)CCCC2)C1. The van der Waals surface area contributed by atoms with Gasteiger partial charge < -0.3 is 14.7 Å². The van der Waals surface area contributed by atoms with Crippen molar-refractivity contribution in [2.75, 3.05) is 26.8 Å². The van der Waals surface area contributed by atoms with E-state index in [2.05, 4.69) is 0 Å². The van der Waals surface area contributed by atoms with Crippen LogP contribution in [0.25, 0.3) is 0 Å². The molecule has 0 aromatic heterocycles. The predicted octanol–water partition coefficient (Wildman–Crippen LogP) is 2.45. The Morgan fingerprint density at radius 2 is 1.83 bits per heavy atom. The first-order valence-corrected chi connectivity index (χ1v) is 8.61. The van der Waals surface area contributed by atoms with Gasteiger partial charge in [-0.15, -0.1) is 0 Å². The molecule has 1 unspecified atom stereocenters. The molecule has 1 heterocycles. The van der Waals surface area contributed by atoms with E-state index in [0.717, 1.165) is 31.2 Å². The topological polar surface area (TPSA) is 66.8 Å². The summed E-state index contributed by atoms with van der Waals surface area (Å²) in [5, 5.41) is 9.62. The van der Waals surface area contributed by atoms with Gasteiger partial charge in [0.25, 0.3) is 0 Å². The van der Waals surface area contributed by atoms with Gasteiger partial charge in [0.15, 0.2) is 0 Å². The summed E-state index contributed by atoms with van der Waals surface area (Å²) in [6, 6.07) is 9.95. The van der Waals surface area contributed by atoms with Gasteiger partial charge in [-0.1, -0.05) is 43.2 Å². The molecule has 1 saturated carbocycles. The Hall–Kier alpha value is -1.88. The first kappa shape index (κ1) is 17.0. The average molecular weight is 331 g/mol. The number of hydrogen-bond acceptors (Lipinski definition) is 3. The number of methoxy groups -OCH3 is 1. The van der Waals surface area contributed by atoms with Crippen LogP contribution in [0.15, 0.2) is 30.3 Å². The molecule has 0 bridgehead atoms. The normalized spacial score (nSPS) is 25.8. The lowest BCUT2D eigenvalue weighted by atomic mass is 9.77. The minimum Gasteiger partial charge on any atom is -0.481 e. The number of ether oxygens (including phenoxy) is 1. The fourth-order valence-corrected chi connectivity index (χ4v) is 4.34. The van der Waals surface area contributed by atoms with Crippen LogP contribution in [0.4, 0.5) is 0 Å². The molecule has 130 valence electrons. The Morgan fingerprint density at radius 1 is 1.17 bits per heavy atom. The van der Waals surface area contributed by atoms with Gasteiger partial charge in [-0.2, -0.15) is 0 Å². The fraction of sp³-hybridized carbons (Fsp3) is 0.579. The monoisotopic (exact) mass is 331 g/mol. The van der Waals surface area contributed by atoms with Crippen molar-refractivity contribution in [2.24, 2.45) is 5.41 Å². The van der Waals surface area contributed by atoms with E-state index in [-0.39, 0.29) is 19.1 Å². The number of carbonyl (C=O) groups is 2. The van der Waals surface area contributed by atoms with Gasteiger partial charge >= 0.3 is 5.97 Å². The number of nitrogens with zero attached hydrogens (tertiary/aromatic N) is 1. The highest BCUT2D eigenvalue weighted by Gasteiger charge is 2.51. The Labute approximate surface area is 142 Å². The molecule has 1 aliphatic heterocycles. The second-order valence-electron chi connectivity index (χ2n) is 7.15. The summed E-state index contributed by atoms with van der Waals surface area (Å²) in [6.07, 6.45) is 4.22. The molecule has 5 heteroatoms. The standard InChI is InChI=1S/C19H25NO4/c1-24-14-18(17(22)23)11-12-20(13-18)16(21)19(9-5-6-10-19)15-7-3-2-4-8-15/h2-4,7-8H,5-6,9-14H2,1H3,(H,22,23). The van der Waals surface area contributed by atoms with Gasteiger partial charge in [-0.3, -0.25) is 9.59 Å². The van der Waals surface area contributed by atoms with Crippen LogP contribution in [0, 0.1) is 5.41 Å². The summed E-state index contributed by atoms with van der Waals surface area (Å²) in [7, 11) is 1.51. The Balaban J connectivity index is 1.86. The molecule has 0 radical (unpaired) electrons. The Morgan fingerprint density at radius 3 is 2.42 bits per heavy atom. The molecular formula is C19H25NO4. The van der Waals surface area contributed by atoms with E-state index in [0.29, 0.717) is 13.0 Å². The van der Waals surface area contributed by atoms with Crippen molar-refractivity contribution in [2.45, 2.75) is 37.5 Å². The summed E-state index contributed by atoms with van der Waals surface area (Å²) in [5.74, 6) is -0.787. The molecular weight excluding hydrogens is 306 g/mol. The maximum absolute atomic E-state index is 13.4. The van der Waals surface area contributed by atoms with E-state index >= 15 is 0 Å². The van der Waals surface area contributed by atoms with Gasteiger partial charge in [0, 0.05) is 20.2 Å². The summed E-state index contributed by atoms with van der Waals surface area (Å²) in [4.78, 5) is 26.9. The number of aliphatic carboxylic acids is 1. The van der Waals surface area contributed by atoms with Crippen LogP contribution in [0.1, 0.15) is 37.7 Å². The number of benzene rings is 1. The highest BCUT2D eigenvalue weighted by atomic mass is 16.5. The van der Waals surface area contributed by atoms with E-state index in [1.165, 1.54) is 7.11 Å². The highest BCUT2D eigenvalue weighted by Crippen LogP contribution is 2.44. The van der Waals surface area contributed by atoms with Gasteiger partial charge in [0.2, 0.25) is 5.91 Å². The molecule has 0 spiro atoms. The van der Waals surface area contributed by atoms with Crippen molar-refractivity contribution < 1.29 is 19.4 Å². The lowest BCUT2D eigenvalue weighted by molar-refractivity contribution is -0.152. The summed E-state index contributed by atoms with van der Waals surface area (Å²) in [5.41, 5.74) is -0.392. The van der Waals surface area contributed by atoms with Crippen LogP contribution < -0.4 is 0 Å². The molecule has 1 saturated heterocycles. The molecule has 1 amide bonds. The van der Waals surface area contributed by atoms with E-state index in [1.54, 1.807) is 4.90 Å². The van der Waals surface area contributed by atoms with Crippen LogP contribution in [0.2, 0.25) is 0 Å². The van der Waals surface area contributed by atoms with Gasteiger partial charge in [0.05, 0.1) is 12.0 Å². The maximum atomic E-state index is 13.4. The van der Waals surface area contributed by atoms with Crippen molar-refractivity contribution in [3.8, 4) is 0 Å². The lowest BCUT2D eigenvalue weighted by Crippen LogP contribution is -2.47. The number of carboxylic acids is 1. The maximum Gasteiger partial charge on any atom is 0.313 e. The third-order valence-corrected chi connectivity index (χ3v) is 5.71. The summed E-state index contributed by atoms with van der Waals surface area (Å²) >= 11 is 0. The number of likely N-dealkylation sites (tertiary alicyclic amines) is 1. The van der Waals surface area contributed by atoms with Gasteiger partial charge in [0.1, 0.15) is 5.41 Å². The zero-order valence-electron chi connectivity index (χ0n) is 14.2. The second-order valence-corrected chi connectivity index (χ2v) is 7.15. The van der Waals surface area contributed by atoms with Crippen LogP contribution in [0.5, 0.6) is 0 Å². The number of amides is 1. The van der Waals surface area contributed by atoms with Crippen molar-refractivity contribution >= 4 is 11.9 Å². The first-order chi connectivity index (χ1) is 11.5. The molecule has 2 aliphatic rings. The number of hydrogen-bond donors (Lipinski definition) is 1. The predicted molar refractivity (Wildman–Crippen MR) is 89.7 cm³/mol. The van der Waals surface area contributed by atoms with E-state index in [4.69, 9.17) is 4.74 Å². The summed E-state index contributed by atoms with van der Waals surface area (Å²) in [6.45, 7) is 0.872. The van der Waals surface area contributed by atoms with E-state index < -0.39 is 16.8 Å². The van der Waals surface area contributed by atoms with Crippen LogP contribution >= 0.6 is 0 Å². The summed E-state index contributed by atoms with van der Waals surface area (Å²) < 4.78 is 5.13. The van der Waals surface area contributed by atoms with Crippen molar-refractivity contribution in [3.63, 3.8) is 0 Å². The minimum atomic E-state index is -0.971. The Bertz CT molecular complexity index is 609. The number of carbonyl (C=O) groups excluding carboxylic acids is 1. The molecule has 5 nitrogen and oxygen atoms in total. The zero-order valence-corrected chi connectivity index (χ0v) is 14.2.